The predicted molar refractivity (Wildman–Crippen MR) is 123 cm³/mol. The predicted octanol–water partition coefficient (Wildman–Crippen LogP) is 2.75. The van der Waals surface area contributed by atoms with Crippen molar-refractivity contribution in [2.45, 2.75) is 51.0 Å². The van der Waals surface area contributed by atoms with Gasteiger partial charge < -0.3 is 9.80 Å². The van der Waals surface area contributed by atoms with E-state index in [1.165, 1.54) is 11.8 Å². The zero-order valence-electron chi connectivity index (χ0n) is 18.5. The minimum atomic E-state index is -3.57. The lowest BCUT2D eigenvalue weighted by atomic mass is 10.1. The summed E-state index contributed by atoms with van der Waals surface area (Å²) < 4.78 is 27.8. The Morgan fingerprint density at radius 3 is 2.23 bits per heavy atom. The Labute approximate surface area is 185 Å². The Morgan fingerprint density at radius 2 is 1.68 bits per heavy atom. The first-order chi connectivity index (χ1) is 14.8. The van der Waals surface area contributed by atoms with E-state index in [1.54, 1.807) is 12.1 Å². The van der Waals surface area contributed by atoms with Crippen LogP contribution in [0.1, 0.15) is 37.8 Å². The van der Waals surface area contributed by atoms with Gasteiger partial charge in [0.2, 0.25) is 15.9 Å². The largest absolute Gasteiger partial charge is 0.353 e. The average Bonchev–Trinajstić information content (AvgIpc) is 2.79. The summed E-state index contributed by atoms with van der Waals surface area (Å²) in [6.45, 7) is 8.55. The Kier molecular flexibility index (Phi) is 7.67. The summed E-state index contributed by atoms with van der Waals surface area (Å²) >= 11 is 0. The minimum absolute atomic E-state index is 0.0739. The van der Waals surface area contributed by atoms with E-state index in [-0.39, 0.29) is 16.8 Å². The van der Waals surface area contributed by atoms with Gasteiger partial charge in [-0.3, -0.25) is 4.79 Å². The molecule has 7 nitrogen and oxygen atoms in total. The van der Waals surface area contributed by atoms with Crippen LogP contribution >= 0.6 is 0 Å². The number of hydrogen-bond acceptors (Lipinski definition) is 5. The molecule has 31 heavy (non-hydrogen) atoms. The minimum Gasteiger partial charge on any atom is -0.353 e. The van der Waals surface area contributed by atoms with Crippen LogP contribution in [0.5, 0.6) is 0 Å². The topological polar surface area (TPSA) is 82.6 Å². The van der Waals surface area contributed by atoms with Crippen LogP contribution in [0.4, 0.5) is 5.82 Å². The van der Waals surface area contributed by atoms with Crippen molar-refractivity contribution in [3.63, 3.8) is 0 Å². The molecule has 168 valence electrons. The molecule has 1 aromatic heterocycles. The first kappa shape index (κ1) is 23.2. The van der Waals surface area contributed by atoms with E-state index in [2.05, 4.69) is 14.6 Å². The Hall–Kier alpha value is -2.45. The van der Waals surface area contributed by atoms with Crippen molar-refractivity contribution in [2.24, 2.45) is 0 Å². The maximum absolute atomic E-state index is 12.6. The molecule has 1 saturated heterocycles. The number of benzene rings is 1. The van der Waals surface area contributed by atoms with Crippen LogP contribution in [-0.4, -0.2) is 56.4 Å². The van der Waals surface area contributed by atoms with Crippen LogP contribution in [0.3, 0.4) is 0 Å². The highest BCUT2D eigenvalue weighted by molar-refractivity contribution is 7.89. The van der Waals surface area contributed by atoms with Crippen LogP contribution in [-0.2, 0) is 21.2 Å². The van der Waals surface area contributed by atoms with Gasteiger partial charge in [0.25, 0.3) is 0 Å². The zero-order chi connectivity index (χ0) is 22.4. The van der Waals surface area contributed by atoms with Crippen LogP contribution in [0, 0.1) is 6.92 Å². The van der Waals surface area contributed by atoms with E-state index in [9.17, 15) is 13.2 Å². The number of aromatic nitrogens is 1. The molecule has 0 spiro atoms. The fraction of sp³-hybridized carbons (Fsp3) is 0.478. The van der Waals surface area contributed by atoms with Crippen molar-refractivity contribution in [2.75, 3.05) is 31.1 Å². The average molecular weight is 445 g/mol. The quantitative estimate of drug-likeness (QED) is 0.677. The summed E-state index contributed by atoms with van der Waals surface area (Å²) in [5, 5.41) is 0. The van der Waals surface area contributed by atoms with E-state index in [0.717, 1.165) is 24.2 Å². The van der Waals surface area contributed by atoms with Crippen molar-refractivity contribution in [1.29, 1.82) is 0 Å². The third-order valence-electron chi connectivity index (χ3n) is 5.77. The lowest BCUT2D eigenvalue weighted by Crippen LogP contribution is -2.49. The first-order valence-corrected chi connectivity index (χ1v) is 12.4. The summed E-state index contributed by atoms with van der Waals surface area (Å²) in [6, 6.07) is 11.3. The fourth-order valence-corrected chi connectivity index (χ4v) is 4.99. The van der Waals surface area contributed by atoms with Gasteiger partial charge in [-0.05, 0) is 37.5 Å². The number of piperazine rings is 1. The van der Waals surface area contributed by atoms with Crippen molar-refractivity contribution in [3.8, 4) is 0 Å². The molecule has 0 unspecified atom stereocenters. The number of carbonyl (C=O) groups excluding carboxylic acids is 1. The lowest BCUT2D eigenvalue weighted by Gasteiger charge is -2.35. The number of nitrogens with zero attached hydrogens (tertiary/aromatic N) is 3. The number of pyridine rings is 1. The molecule has 8 heteroatoms. The third kappa shape index (κ3) is 6.04. The number of sulfonamides is 1. The van der Waals surface area contributed by atoms with Crippen molar-refractivity contribution < 1.29 is 13.2 Å². The SMILES string of the molecule is CCC(CC)NS(=O)(=O)c1ccc(N2CCN(C(=O)Cc3ccc(C)cc3)CC2)nc1. The van der Waals surface area contributed by atoms with Crippen molar-refractivity contribution in [1.82, 2.24) is 14.6 Å². The Balaban J connectivity index is 1.56. The van der Waals surface area contributed by atoms with Gasteiger partial charge in [-0.2, -0.15) is 0 Å². The van der Waals surface area contributed by atoms with Gasteiger partial charge in [0.1, 0.15) is 10.7 Å². The number of nitrogens with one attached hydrogen (secondary N) is 1. The lowest BCUT2D eigenvalue weighted by molar-refractivity contribution is -0.130. The van der Waals surface area contributed by atoms with Crippen LogP contribution in [0.2, 0.25) is 0 Å². The second-order valence-corrected chi connectivity index (χ2v) is 9.73. The van der Waals surface area contributed by atoms with Crippen molar-refractivity contribution >= 4 is 21.7 Å². The van der Waals surface area contributed by atoms with Crippen LogP contribution < -0.4 is 9.62 Å². The van der Waals surface area contributed by atoms with E-state index in [1.807, 2.05) is 49.9 Å². The third-order valence-corrected chi connectivity index (χ3v) is 7.28. The summed E-state index contributed by atoms with van der Waals surface area (Å²) in [5.74, 6) is 0.859. The molecule has 1 amide bonds. The molecule has 1 aromatic carbocycles. The molecular formula is C23H32N4O3S. The molecule has 3 rings (SSSR count). The molecule has 2 aromatic rings. The number of amides is 1. The maximum Gasteiger partial charge on any atom is 0.242 e. The van der Waals surface area contributed by atoms with Gasteiger partial charge in [0.05, 0.1) is 6.42 Å². The standard InChI is InChI=1S/C23H32N4O3S/c1-4-20(5-2)25-31(29,30)21-10-11-22(24-17-21)26-12-14-27(15-13-26)23(28)16-19-8-6-18(3)7-9-19/h6-11,17,20,25H,4-5,12-16H2,1-3H3. The van der Waals surface area contributed by atoms with Gasteiger partial charge in [-0.1, -0.05) is 43.7 Å². The van der Waals surface area contributed by atoms with Gasteiger partial charge in [0.15, 0.2) is 0 Å². The molecule has 1 fully saturated rings. The maximum atomic E-state index is 12.6. The van der Waals surface area contributed by atoms with Crippen LogP contribution in [0.15, 0.2) is 47.5 Å². The van der Waals surface area contributed by atoms with Crippen LogP contribution in [0.25, 0.3) is 0 Å². The molecule has 2 heterocycles. The molecule has 0 bridgehead atoms. The highest BCUT2D eigenvalue weighted by Gasteiger charge is 2.23. The van der Waals surface area contributed by atoms with Gasteiger partial charge >= 0.3 is 0 Å². The number of aryl methyl sites for hydroxylation is 1. The van der Waals surface area contributed by atoms with Gasteiger partial charge in [0, 0.05) is 38.4 Å². The molecule has 0 atom stereocenters. The van der Waals surface area contributed by atoms with E-state index >= 15 is 0 Å². The summed E-state index contributed by atoms with van der Waals surface area (Å²) in [4.78, 5) is 21.1. The molecule has 0 aliphatic carbocycles. The number of anilines is 1. The number of hydrogen-bond donors (Lipinski definition) is 1. The van der Waals surface area contributed by atoms with Gasteiger partial charge in [-0.15, -0.1) is 0 Å². The summed E-state index contributed by atoms with van der Waals surface area (Å²) in [5.41, 5.74) is 2.21. The van der Waals surface area contributed by atoms with Gasteiger partial charge in [-0.25, -0.2) is 18.1 Å². The van der Waals surface area contributed by atoms with Crippen molar-refractivity contribution in [3.05, 3.63) is 53.7 Å². The highest BCUT2D eigenvalue weighted by atomic mass is 32.2. The monoisotopic (exact) mass is 444 g/mol. The molecule has 0 radical (unpaired) electrons. The smallest absolute Gasteiger partial charge is 0.242 e. The fourth-order valence-electron chi connectivity index (χ4n) is 3.64. The highest BCUT2D eigenvalue weighted by Crippen LogP contribution is 2.18. The number of carbonyl (C=O) groups is 1. The number of rotatable bonds is 8. The molecule has 1 aliphatic rings. The Bertz CT molecular complexity index is 963. The molecule has 0 saturated carbocycles. The summed E-state index contributed by atoms with van der Waals surface area (Å²) in [6.07, 6.45) is 3.31. The molecule has 1 aliphatic heterocycles. The Morgan fingerprint density at radius 1 is 1.03 bits per heavy atom. The molecular weight excluding hydrogens is 412 g/mol. The summed E-state index contributed by atoms with van der Waals surface area (Å²) in [7, 11) is -3.57. The first-order valence-electron chi connectivity index (χ1n) is 10.9. The van der Waals surface area contributed by atoms with E-state index < -0.39 is 10.0 Å². The molecule has 1 N–H and O–H groups in total. The second kappa shape index (κ2) is 10.2. The second-order valence-electron chi connectivity index (χ2n) is 8.02. The zero-order valence-corrected chi connectivity index (χ0v) is 19.4. The van der Waals surface area contributed by atoms with E-state index in [4.69, 9.17) is 0 Å². The van der Waals surface area contributed by atoms with E-state index in [0.29, 0.717) is 32.6 Å². The normalized spacial score (nSPS) is 14.8.